The molecule has 2 amide bonds. The lowest BCUT2D eigenvalue weighted by molar-refractivity contribution is -0.123. The summed E-state index contributed by atoms with van der Waals surface area (Å²) in [7, 11) is 0. The molecule has 3 aromatic rings. The van der Waals surface area contributed by atoms with E-state index in [1.54, 1.807) is 30.3 Å². The van der Waals surface area contributed by atoms with Crippen LogP contribution in [0.15, 0.2) is 59.5 Å². The Balaban J connectivity index is 1.56. The maximum absolute atomic E-state index is 14.2. The smallest absolute Gasteiger partial charge is 0.293 e. The predicted molar refractivity (Wildman–Crippen MR) is 144 cm³/mol. The topological polar surface area (TPSA) is 55.8 Å². The first-order valence-corrected chi connectivity index (χ1v) is 13.1. The van der Waals surface area contributed by atoms with E-state index in [4.69, 9.17) is 21.1 Å². The molecule has 1 aliphatic heterocycles. The number of amides is 2. The third-order valence-corrected chi connectivity index (χ3v) is 7.24. The van der Waals surface area contributed by atoms with Crippen LogP contribution in [-0.2, 0) is 17.9 Å². The Morgan fingerprint density at radius 1 is 1.08 bits per heavy atom. The van der Waals surface area contributed by atoms with E-state index in [-0.39, 0.29) is 34.5 Å². The maximum atomic E-state index is 14.2. The fourth-order valence-corrected chi connectivity index (χ4v) is 5.28. The molecule has 186 valence electrons. The largest absolute Gasteiger partial charge is 0.490 e. The highest BCUT2D eigenvalue weighted by Gasteiger charge is 2.36. The van der Waals surface area contributed by atoms with Crippen LogP contribution >= 0.6 is 46.0 Å². The SMILES string of the molecule is CCOc1cc(/C=C2\SC(=O)N(Cc3c(F)cccc3Cl)C2=O)cc(I)c1OCc1ccc(F)cc1. The summed E-state index contributed by atoms with van der Waals surface area (Å²) in [6, 6.07) is 13.7. The van der Waals surface area contributed by atoms with E-state index >= 15 is 0 Å². The van der Waals surface area contributed by atoms with E-state index in [9.17, 15) is 18.4 Å². The van der Waals surface area contributed by atoms with Gasteiger partial charge in [-0.3, -0.25) is 14.5 Å². The highest BCUT2D eigenvalue weighted by Crippen LogP contribution is 2.38. The second-order valence-corrected chi connectivity index (χ2v) is 10.2. The van der Waals surface area contributed by atoms with Crippen molar-refractivity contribution >= 4 is 63.2 Å². The Bertz CT molecular complexity index is 1330. The van der Waals surface area contributed by atoms with Crippen LogP contribution in [0.1, 0.15) is 23.6 Å². The number of hydrogen-bond donors (Lipinski definition) is 0. The first-order valence-electron chi connectivity index (χ1n) is 10.8. The second-order valence-electron chi connectivity index (χ2n) is 7.65. The lowest BCUT2D eigenvalue weighted by Crippen LogP contribution is -2.28. The van der Waals surface area contributed by atoms with Gasteiger partial charge in [-0.05, 0) is 94.9 Å². The molecule has 0 aromatic heterocycles. The van der Waals surface area contributed by atoms with Gasteiger partial charge in [0, 0.05) is 10.6 Å². The molecule has 0 aliphatic carbocycles. The van der Waals surface area contributed by atoms with Crippen molar-refractivity contribution in [2.75, 3.05) is 6.61 Å². The number of hydrogen-bond acceptors (Lipinski definition) is 5. The van der Waals surface area contributed by atoms with Crippen LogP contribution < -0.4 is 9.47 Å². The minimum atomic E-state index is -0.585. The molecule has 0 spiro atoms. The number of thioether (sulfide) groups is 1. The Labute approximate surface area is 229 Å². The molecule has 1 aliphatic rings. The summed E-state index contributed by atoms with van der Waals surface area (Å²) in [5.41, 5.74) is 1.51. The number of nitrogens with zero attached hydrogens (tertiary/aromatic N) is 1. The standard InChI is InChI=1S/C26H19ClF2INO4S/c1-2-34-22-11-16(10-21(30)24(22)35-14-15-6-8-17(28)9-7-15)12-23-25(32)31(26(33)36-23)13-18-19(27)4-3-5-20(18)29/h3-12H,2,13-14H2,1H3/b23-12-. The molecule has 5 nitrogen and oxygen atoms in total. The van der Waals surface area contributed by atoms with Gasteiger partial charge in [0.1, 0.15) is 18.2 Å². The summed E-state index contributed by atoms with van der Waals surface area (Å²) in [6.07, 6.45) is 1.59. The molecular weight excluding hydrogens is 623 g/mol. The molecule has 1 fully saturated rings. The van der Waals surface area contributed by atoms with Crippen molar-refractivity contribution < 1.29 is 27.8 Å². The molecule has 0 bridgehead atoms. The minimum absolute atomic E-state index is 0.0820. The van der Waals surface area contributed by atoms with Crippen LogP contribution in [0.2, 0.25) is 5.02 Å². The van der Waals surface area contributed by atoms with E-state index in [0.29, 0.717) is 23.7 Å². The average molecular weight is 642 g/mol. The maximum Gasteiger partial charge on any atom is 0.293 e. The van der Waals surface area contributed by atoms with Gasteiger partial charge in [-0.1, -0.05) is 29.8 Å². The first kappa shape index (κ1) is 26.4. The summed E-state index contributed by atoms with van der Waals surface area (Å²) in [5.74, 6) is -0.461. The fourth-order valence-electron chi connectivity index (χ4n) is 3.44. The number of imide groups is 1. The number of ether oxygens (including phenoxy) is 2. The van der Waals surface area contributed by atoms with Crippen molar-refractivity contribution in [2.45, 2.75) is 20.1 Å². The molecule has 1 heterocycles. The molecule has 0 radical (unpaired) electrons. The highest BCUT2D eigenvalue weighted by molar-refractivity contribution is 14.1. The zero-order chi connectivity index (χ0) is 25.8. The number of carbonyl (C=O) groups is 2. The minimum Gasteiger partial charge on any atom is -0.490 e. The number of rotatable bonds is 8. The molecule has 36 heavy (non-hydrogen) atoms. The average Bonchev–Trinajstić information content (AvgIpc) is 3.09. The summed E-state index contributed by atoms with van der Waals surface area (Å²) in [5, 5.41) is -0.366. The number of halogens is 4. The first-order chi connectivity index (χ1) is 17.3. The summed E-state index contributed by atoms with van der Waals surface area (Å²) in [4.78, 5) is 26.7. The van der Waals surface area contributed by atoms with E-state index in [0.717, 1.165) is 25.8 Å². The molecule has 0 atom stereocenters. The van der Waals surface area contributed by atoms with E-state index < -0.39 is 17.0 Å². The lowest BCUT2D eigenvalue weighted by atomic mass is 10.1. The predicted octanol–water partition coefficient (Wildman–Crippen LogP) is 7.44. The van der Waals surface area contributed by atoms with Gasteiger partial charge in [0.15, 0.2) is 11.5 Å². The zero-order valence-corrected chi connectivity index (χ0v) is 22.6. The van der Waals surface area contributed by atoms with Crippen LogP contribution in [0.3, 0.4) is 0 Å². The van der Waals surface area contributed by atoms with Gasteiger partial charge in [-0.25, -0.2) is 8.78 Å². The number of carbonyl (C=O) groups excluding carboxylic acids is 2. The van der Waals surface area contributed by atoms with E-state index in [2.05, 4.69) is 22.6 Å². The normalized spacial score (nSPS) is 14.6. The van der Waals surface area contributed by atoms with Gasteiger partial charge in [0.2, 0.25) is 0 Å². The van der Waals surface area contributed by atoms with Crippen LogP contribution in [-0.4, -0.2) is 22.7 Å². The van der Waals surface area contributed by atoms with E-state index in [1.165, 1.54) is 30.3 Å². The van der Waals surface area contributed by atoms with Gasteiger partial charge in [-0.15, -0.1) is 0 Å². The van der Waals surface area contributed by atoms with Crippen molar-refractivity contribution in [3.8, 4) is 11.5 Å². The number of benzene rings is 3. The molecule has 3 aromatic carbocycles. The third-order valence-electron chi connectivity index (χ3n) is 5.18. The monoisotopic (exact) mass is 641 g/mol. The quantitative estimate of drug-likeness (QED) is 0.189. The van der Waals surface area contributed by atoms with Gasteiger partial charge >= 0.3 is 0 Å². The second kappa shape index (κ2) is 11.6. The van der Waals surface area contributed by atoms with Crippen molar-refractivity contribution in [3.05, 3.63) is 96.4 Å². The van der Waals surface area contributed by atoms with Crippen LogP contribution in [0.4, 0.5) is 13.6 Å². The molecule has 1 saturated heterocycles. The highest BCUT2D eigenvalue weighted by atomic mass is 127. The summed E-state index contributed by atoms with van der Waals surface area (Å²) < 4.78 is 39.8. The summed E-state index contributed by atoms with van der Waals surface area (Å²) >= 11 is 8.94. The molecule has 0 N–H and O–H groups in total. The lowest BCUT2D eigenvalue weighted by Gasteiger charge is -2.15. The Hall–Kier alpha value is -2.63. The Kier molecular flexibility index (Phi) is 8.53. The Morgan fingerprint density at radius 2 is 1.83 bits per heavy atom. The summed E-state index contributed by atoms with van der Waals surface area (Å²) in [6.45, 7) is 2.17. The van der Waals surface area contributed by atoms with Crippen molar-refractivity contribution in [2.24, 2.45) is 0 Å². The molecular formula is C26H19ClF2INO4S. The van der Waals surface area contributed by atoms with Crippen molar-refractivity contribution in [1.82, 2.24) is 4.90 Å². The van der Waals surface area contributed by atoms with E-state index in [1.807, 2.05) is 6.92 Å². The molecule has 0 unspecified atom stereocenters. The third kappa shape index (κ3) is 6.01. The molecule has 4 rings (SSSR count). The molecule has 10 heteroatoms. The fraction of sp³-hybridized carbons (Fsp3) is 0.154. The van der Waals surface area contributed by atoms with Crippen molar-refractivity contribution in [1.29, 1.82) is 0 Å². The van der Waals surface area contributed by atoms with Crippen molar-refractivity contribution in [3.63, 3.8) is 0 Å². The van der Waals surface area contributed by atoms with Gasteiger partial charge in [0.25, 0.3) is 11.1 Å². The Morgan fingerprint density at radius 3 is 2.53 bits per heavy atom. The van der Waals surface area contributed by atoms with Gasteiger partial charge in [0.05, 0.1) is 21.6 Å². The van der Waals surface area contributed by atoms with Gasteiger partial charge < -0.3 is 9.47 Å². The van der Waals surface area contributed by atoms with Crippen LogP contribution in [0.25, 0.3) is 6.08 Å². The van der Waals surface area contributed by atoms with Crippen LogP contribution in [0, 0.1) is 15.2 Å². The van der Waals surface area contributed by atoms with Crippen LogP contribution in [0.5, 0.6) is 11.5 Å². The van der Waals surface area contributed by atoms with Gasteiger partial charge in [-0.2, -0.15) is 0 Å². The molecule has 0 saturated carbocycles. The zero-order valence-electron chi connectivity index (χ0n) is 18.9.